The molecule has 1 atom stereocenters. The van der Waals surface area contributed by atoms with Gasteiger partial charge in [0.2, 0.25) is 5.95 Å². The van der Waals surface area contributed by atoms with E-state index in [2.05, 4.69) is 42.4 Å². The van der Waals surface area contributed by atoms with Crippen molar-refractivity contribution in [3.8, 4) is 11.4 Å². The molecule has 1 aromatic carbocycles. The van der Waals surface area contributed by atoms with E-state index >= 15 is 0 Å². The van der Waals surface area contributed by atoms with Crippen LogP contribution in [0.3, 0.4) is 0 Å². The summed E-state index contributed by atoms with van der Waals surface area (Å²) in [7, 11) is 0. The number of rotatable bonds is 5. The first-order chi connectivity index (χ1) is 13.7. The Morgan fingerprint density at radius 2 is 2.14 bits per heavy atom. The first-order valence-electron chi connectivity index (χ1n) is 9.37. The van der Waals surface area contributed by atoms with E-state index in [1.54, 1.807) is 0 Å². The highest BCUT2D eigenvalue weighted by Gasteiger charge is 2.19. The van der Waals surface area contributed by atoms with Crippen molar-refractivity contribution in [2.24, 2.45) is 0 Å². The molecule has 28 heavy (non-hydrogen) atoms. The van der Waals surface area contributed by atoms with Crippen molar-refractivity contribution in [2.75, 3.05) is 29.9 Å². The summed E-state index contributed by atoms with van der Waals surface area (Å²) in [4.78, 5) is 20.0. The van der Waals surface area contributed by atoms with Crippen LogP contribution in [0.15, 0.2) is 48.9 Å². The van der Waals surface area contributed by atoms with E-state index in [9.17, 15) is 0 Å². The van der Waals surface area contributed by atoms with Crippen LogP contribution >= 0.6 is 11.6 Å². The average molecular weight is 396 g/mol. The van der Waals surface area contributed by atoms with E-state index in [0.29, 0.717) is 22.8 Å². The SMILES string of the molecule is CCC1CN(c2cc(-c3ncnc(Nc4cccc(Cl)c4)n3)ccn2)CCN1. The van der Waals surface area contributed by atoms with Crippen molar-refractivity contribution in [1.82, 2.24) is 25.3 Å². The van der Waals surface area contributed by atoms with Crippen LogP contribution in [0.4, 0.5) is 17.5 Å². The predicted molar refractivity (Wildman–Crippen MR) is 112 cm³/mol. The first kappa shape index (κ1) is 18.6. The van der Waals surface area contributed by atoms with E-state index < -0.39 is 0 Å². The fraction of sp³-hybridized carbons (Fsp3) is 0.300. The molecule has 1 aliphatic rings. The standard InChI is InChI=1S/C20H22ClN7/c1-2-16-12-28(9-8-22-16)18-10-14(6-7-23-18)19-24-13-25-20(27-19)26-17-5-3-4-15(21)11-17/h3-7,10-11,13,16,22H,2,8-9,12H2,1H3,(H,24,25,26,27). The molecular weight excluding hydrogens is 374 g/mol. The van der Waals surface area contributed by atoms with Gasteiger partial charge in [-0.05, 0) is 36.8 Å². The number of piperazine rings is 1. The molecule has 4 rings (SSSR count). The normalized spacial score (nSPS) is 16.8. The number of nitrogens with zero attached hydrogens (tertiary/aromatic N) is 5. The smallest absolute Gasteiger partial charge is 0.230 e. The number of aromatic nitrogens is 4. The van der Waals surface area contributed by atoms with Crippen molar-refractivity contribution < 1.29 is 0 Å². The Hall–Kier alpha value is -2.77. The minimum Gasteiger partial charge on any atom is -0.354 e. The number of anilines is 3. The van der Waals surface area contributed by atoms with Gasteiger partial charge in [0.25, 0.3) is 0 Å². The molecule has 3 aromatic rings. The zero-order valence-corrected chi connectivity index (χ0v) is 16.4. The molecule has 1 fully saturated rings. The molecule has 1 saturated heterocycles. The Labute approximate surface area is 169 Å². The van der Waals surface area contributed by atoms with Gasteiger partial charge in [-0.2, -0.15) is 4.98 Å². The highest BCUT2D eigenvalue weighted by atomic mass is 35.5. The van der Waals surface area contributed by atoms with Crippen LogP contribution < -0.4 is 15.5 Å². The minimum atomic E-state index is 0.471. The van der Waals surface area contributed by atoms with Gasteiger partial charge in [-0.15, -0.1) is 0 Å². The van der Waals surface area contributed by atoms with Crippen LogP contribution in [0, 0.1) is 0 Å². The van der Waals surface area contributed by atoms with Gasteiger partial charge in [0.15, 0.2) is 5.82 Å². The topological polar surface area (TPSA) is 78.9 Å². The third-order valence-corrected chi connectivity index (χ3v) is 4.96. The van der Waals surface area contributed by atoms with E-state index in [0.717, 1.165) is 43.1 Å². The lowest BCUT2D eigenvalue weighted by Gasteiger charge is -2.34. The molecule has 144 valence electrons. The number of hydrogen-bond acceptors (Lipinski definition) is 7. The van der Waals surface area contributed by atoms with Crippen LogP contribution in [0.2, 0.25) is 5.02 Å². The molecule has 0 bridgehead atoms. The summed E-state index contributed by atoms with van der Waals surface area (Å²) < 4.78 is 0. The second-order valence-electron chi connectivity index (χ2n) is 6.68. The zero-order chi connectivity index (χ0) is 19.3. The Morgan fingerprint density at radius 3 is 3.00 bits per heavy atom. The maximum Gasteiger partial charge on any atom is 0.230 e. The average Bonchev–Trinajstić information content (AvgIpc) is 2.74. The Morgan fingerprint density at radius 1 is 1.21 bits per heavy atom. The van der Waals surface area contributed by atoms with Gasteiger partial charge in [-0.1, -0.05) is 24.6 Å². The maximum atomic E-state index is 6.04. The van der Waals surface area contributed by atoms with Crippen LogP contribution in [0.25, 0.3) is 11.4 Å². The highest BCUT2D eigenvalue weighted by molar-refractivity contribution is 6.30. The third-order valence-electron chi connectivity index (χ3n) is 4.73. The van der Waals surface area contributed by atoms with Crippen LogP contribution in [-0.4, -0.2) is 45.6 Å². The summed E-state index contributed by atoms with van der Waals surface area (Å²) in [6.07, 6.45) is 4.41. The summed E-state index contributed by atoms with van der Waals surface area (Å²) in [6.45, 7) is 5.05. The molecule has 2 N–H and O–H groups in total. The molecule has 0 radical (unpaired) electrons. The van der Waals surface area contributed by atoms with E-state index in [1.807, 2.05) is 42.6 Å². The Balaban J connectivity index is 1.56. The Kier molecular flexibility index (Phi) is 5.64. The number of benzene rings is 1. The lowest BCUT2D eigenvalue weighted by Crippen LogP contribution is -2.50. The fourth-order valence-corrected chi connectivity index (χ4v) is 3.42. The van der Waals surface area contributed by atoms with Crippen LogP contribution in [0.1, 0.15) is 13.3 Å². The lowest BCUT2D eigenvalue weighted by molar-refractivity contribution is 0.445. The van der Waals surface area contributed by atoms with Gasteiger partial charge in [-0.25, -0.2) is 15.0 Å². The molecule has 2 aromatic heterocycles. The molecule has 1 unspecified atom stereocenters. The van der Waals surface area contributed by atoms with Crippen molar-refractivity contribution in [3.63, 3.8) is 0 Å². The van der Waals surface area contributed by atoms with Crippen molar-refractivity contribution in [1.29, 1.82) is 0 Å². The molecule has 0 spiro atoms. The van der Waals surface area contributed by atoms with Gasteiger partial charge >= 0.3 is 0 Å². The summed E-state index contributed by atoms with van der Waals surface area (Å²) >= 11 is 6.04. The second kappa shape index (κ2) is 8.50. The summed E-state index contributed by atoms with van der Waals surface area (Å²) in [5, 5.41) is 7.35. The molecule has 0 aliphatic carbocycles. The van der Waals surface area contributed by atoms with E-state index in [1.165, 1.54) is 6.33 Å². The summed E-state index contributed by atoms with van der Waals surface area (Å²) in [5.74, 6) is 2.02. The summed E-state index contributed by atoms with van der Waals surface area (Å²) in [5.41, 5.74) is 1.74. The number of pyridine rings is 1. The number of hydrogen-bond donors (Lipinski definition) is 2. The molecular formula is C20H22ClN7. The minimum absolute atomic E-state index is 0.471. The van der Waals surface area contributed by atoms with Crippen molar-refractivity contribution in [3.05, 3.63) is 53.9 Å². The zero-order valence-electron chi connectivity index (χ0n) is 15.6. The molecule has 0 amide bonds. The number of nitrogens with one attached hydrogen (secondary N) is 2. The van der Waals surface area contributed by atoms with Gasteiger partial charge < -0.3 is 15.5 Å². The van der Waals surface area contributed by atoms with Crippen molar-refractivity contribution in [2.45, 2.75) is 19.4 Å². The molecule has 1 aliphatic heterocycles. The van der Waals surface area contributed by atoms with Gasteiger partial charge in [0.1, 0.15) is 12.1 Å². The quantitative estimate of drug-likeness (QED) is 0.684. The third kappa shape index (κ3) is 4.37. The highest BCUT2D eigenvalue weighted by Crippen LogP contribution is 2.23. The maximum absolute atomic E-state index is 6.04. The second-order valence-corrected chi connectivity index (χ2v) is 7.11. The first-order valence-corrected chi connectivity index (χ1v) is 9.75. The fourth-order valence-electron chi connectivity index (χ4n) is 3.23. The van der Waals surface area contributed by atoms with E-state index in [-0.39, 0.29) is 0 Å². The predicted octanol–water partition coefficient (Wildman–Crippen LogP) is 3.52. The van der Waals surface area contributed by atoms with Gasteiger partial charge in [-0.3, -0.25) is 0 Å². The van der Waals surface area contributed by atoms with Crippen molar-refractivity contribution >= 4 is 29.1 Å². The largest absolute Gasteiger partial charge is 0.354 e. The lowest BCUT2D eigenvalue weighted by atomic mass is 10.1. The van der Waals surface area contributed by atoms with Gasteiger partial charge in [0, 0.05) is 48.1 Å². The Bertz CT molecular complexity index is 949. The van der Waals surface area contributed by atoms with Crippen LogP contribution in [0.5, 0.6) is 0 Å². The van der Waals surface area contributed by atoms with E-state index in [4.69, 9.17) is 11.6 Å². The van der Waals surface area contributed by atoms with Crippen LogP contribution in [-0.2, 0) is 0 Å². The molecule has 7 nitrogen and oxygen atoms in total. The monoisotopic (exact) mass is 395 g/mol. The molecule has 3 heterocycles. The van der Waals surface area contributed by atoms with Gasteiger partial charge in [0.05, 0.1) is 0 Å². The molecule has 8 heteroatoms. The molecule has 0 saturated carbocycles. The number of halogens is 1. The summed E-state index contributed by atoms with van der Waals surface area (Å²) in [6, 6.07) is 11.9.